The molecule has 0 aromatic heterocycles. The molecular weight excluding hydrogens is 220 g/mol. The Bertz CT molecular complexity index is 414. The lowest BCUT2D eigenvalue weighted by Gasteiger charge is -2.25. The van der Waals surface area contributed by atoms with Crippen LogP contribution in [0.1, 0.15) is 30.1 Å². The molecule has 2 rings (SSSR count). The lowest BCUT2D eigenvalue weighted by Crippen LogP contribution is -2.12. The van der Waals surface area contributed by atoms with Gasteiger partial charge in [-0.1, -0.05) is 0 Å². The molecule has 0 fully saturated rings. The minimum absolute atomic E-state index is 0.438. The second-order valence-electron chi connectivity index (χ2n) is 4.12. The SMILES string of the molecule is COc1cc2c(c(OC)c1OC)CCC[C@@H]2O. The van der Waals surface area contributed by atoms with E-state index in [1.54, 1.807) is 21.3 Å². The Morgan fingerprint density at radius 1 is 1.12 bits per heavy atom. The Hall–Kier alpha value is -1.42. The lowest BCUT2D eigenvalue weighted by atomic mass is 9.88. The van der Waals surface area contributed by atoms with Crippen LogP contribution in [0.15, 0.2) is 6.07 Å². The van der Waals surface area contributed by atoms with E-state index in [4.69, 9.17) is 14.2 Å². The van der Waals surface area contributed by atoms with E-state index in [1.807, 2.05) is 6.07 Å². The van der Waals surface area contributed by atoms with E-state index >= 15 is 0 Å². The van der Waals surface area contributed by atoms with Crippen LogP contribution in [0.25, 0.3) is 0 Å². The summed E-state index contributed by atoms with van der Waals surface area (Å²) in [5.41, 5.74) is 1.93. The van der Waals surface area contributed by atoms with Gasteiger partial charge in [-0.05, 0) is 30.9 Å². The third-order valence-corrected chi connectivity index (χ3v) is 3.23. The monoisotopic (exact) mass is 238 g/mol. The van der Waals surface area contributed by atoms with Gasteiger partial charge in [-0.3, -0.25) is 0 Å². The molecule has 0 unspecified atom stereocenters. The number of aliphatic hydroxyl groups is 1. The predicted molar refractivity (Wildman–Crippen MR) is 64.0 cm³/mol. The molecule has 1 aliphatic rings. The van der Waals surface area contributed by atoms with Gasteiger partial charge >= 0.3 is 0 Å². The molecule has 1 N–H and O–H groups in total. The van der Waals surface area contributed by atoms with E-state index in [1.165, 1.54) is 0 Å². The van der Waals surface area contributed by atoms with Crippen LogP contribution in [0.5, 0.6) is 17.2 Å². The van der Waals surface area contributed by atoms with E-state index in [9.17, 15) is 5.11 Å². The van der Waals surface area contributed by atoms with Gasteiger partial charge in [-0.2, -0.15) is 0 Å². The van der Waals surface area contributed by atoms with Gasteiger partial charge in [0, 0.05) is 5.56 Å². The average molecular weight is 238 g/mol. The second kappa shape index (κ2) is 4.84. The number of methoxy groups -OCH3 is 3. The fraction of sp³-hybridized carbons (Fsp3) is 0.538. The van der Waals surface area contributed by atoms with Crippen molar-refractivity contribution in [2.24, 2.45) is 0 Å². The van der Waals surface area contributed by atoms with Crippen molar-refractivity contribution in [3.63, 3.8) is 0 Å². The summed E-state index contributed by atoms with van der Waals surface area (Å²) in [6, 6.07) is 1.85. The topological polar surface area (TPSA) is 47.9 Å². The molecule has 0 spiro atoms. The van der Waals surface area contributed by atoms with Crippen molar-refractivity contribution in [3.8, 4) is 17.2 Å². The minimum Gasteiger partial charge on any atom is -0.493 e. The first-order valence-electron chi connectivity index (χ1n) is 5.72. The second-order valence-corrected chi connectivity index (χ2v) is 4.12. The van der Waals surface area contributed by atoms with Crippen molar-refractivity contribution in [1.29, 1.82) is 0 Å². The third-order valence-electron chi connectivity index (χ3n) is 3.23. The zero-order valence-corrected chi connectivity index (χ0v) is 10.4. The summed E-state index contributed by atoms with van der Waals surface area (Å²) >= 11 is 0. The van der Waals surface area contributed by atoms with Gasteiger partial charge in [0.15, 0.2) is 11.5 Å². The number of ether oxygens (including phenoxy) is 3. The molecule has 0 bridgehead atoms. The highest BCUT2D eigenvalue weighted by molar-refractivity contribution is 5.60. The summed E-state index contributed by atoms with van der Waals surface area (Å²) in [5.74, 6) is 1.88. The molecule has 0 amide bonds. The van der Waals surface area contributed by atoms with Crippen LogP contribution in [0.4, 0.5) is 0 Å². The molecule has 94 valence electrons. The van der Waals surface area contributed by atoms with Gasteiger partial charge in [0.25, 0.3) is 0 Å². The molecule has 0 saturated carbocycles. The van der Waals surface area contributed by atoms with Crippen LogP contribution in [-0.4, -0.2) is 26.4 Å². The van der Waals surface area contributed by atoms with Crippen molar-refractivity contribution in [1.82, 2.24) is 0 Å². The number of hydrogen-bond acceptors (Lipinski definition) is 4. The summed E-state index contributed by atoms with van der Waals surface area (Å²) in [4.78, 5) is 0. The maximum Gasteiger partial charge on any atom is 0.203 e. The summed E-state index contributed by atoms with van der Waals surface area (Å²) in [5, 5.41) is 10.0. The molecule has 1 aromatic carbocycles. The predicted octanol–water partition coefficient (Wildman–Crippen LogP) is 2.08. The quantitative estimate of drug-likeness (QED) is 0.875. The molecule has 0 heterocycles. The normalized spacial score (nSPS) is 18.5. The highest BCUT2D eigenvalue weighted by Gasteiger charge is 2.26. The smallest absolute Gasteiger partial charge is 0.203 e. The number of aliphatic hydroxyl groups excluding tert-OH is 1. The fourth-order valence-corrected chi connectivity index (χ4v) is 2.42. The van der Waals surface area contributed by atoms with Gasteiger partial charge in [0.2, 0.25) is 5.75 Å². The Balaban J connectivity index is 2.64. The van der Waals surface area contributed by atoms with E-state index in [2.05, 4.69) is 0 Å². The largest absolute Gasteiger partial charge is 0.493 e. The number of rotatable bonds is 3. The molecule has 1 aliphatic carbocycles. The molecular formula is C13H18O4. The zero-order chi connectivity index (χ0) is 12.4. The summed E-state index contributed by atoms with van der Waals surface area (Å²) in [7, 11) is 4.78. The average Bonchev–Trinajstić information content (AvgIpc) is 2.36. The Morgan fingerprint density at radius 3 is 2.41 bits per heavy atom. The minimum atomic E-state index is -0.438. The van der Waals surface area contributed by atoms with Gasteiger partial charge in [0.1, 0.15) is 0 Å². The molecule has 1 atom stereocenters. The van der Waals surface area contributed by atoms with Crippen LogP contribution < -0.4 is 14.2 Å². The van der Waals surface area contributed by atoms with Gasteiger partial charge in [-0.15, -0.1) is 0 Å². The first-order chi connectivity index (χ1) is 8.22. The lowest BCUT2D eigenvalue weighted by molar-refractivity contribution is 0.154. The molecule has 4 heteroatoms. The zero-order valence-electron chi connectivity index (χ0n) is 10.4. The van der Waals surface area contributed by atoms with E-state index in [0.717, 1.165) is 30.4 Å². The van der Waals surface area contributed by atoms with E-state index in [0.29, 0.717) is 17.2 Å². The van der Waals surface area contributed by atoms with Gasteiger partial charge in [-0.25, -0.2) is 0 Å². The molecule has 0 saturated heterocycles. The molecule has 1 aromatic rings. The molecule has 0 aliphatic heterocycles. The number of benzene rings is 1. The van der Waals surface area contributed by atoms with E-state index in [-0.39, 0.29) is 0 Å². The van der Waals surface area contributed by atoms with Crippen LogP contribution in [0.3, 0.4) is 0 Å². The standard InChI is InChI=1S/C13H18O4/c1-15-11-7-9-8(5-4-6-10(9)14)12(16-2)13(11)17-3/h7,10,14H,4-6H2,1-3H3/t10-/m0/s1. The Labute approximate surface area is 101 Å². The van der Waals surface area contributed by atoms with Crippen molar-refractivity contribution >= 4 is 0 Å². The first kappa shape index (κ1) is 12.0. The number of hydrogen-bond donors (Lipinski definition) is 1. The summed E-state index contributed by atoms with van der Waals surface area (Å²) in [6.07, 6.45) is 2.20. The van der Waals surface area contributed by atoms with Crippen LogP contribution >= 0.6 is 0 Å². The highest BCUT2D eigenvalue weighted by Crippen LogP contribution is 2.46. The highest BCUT2D eigenvalue weighted by atomic mass is 16.5. The third kappa shape index (κ3) is 1.93. The van der Waals surface area contributed by atoms with Crippen LogP contribution in [0, 0.1) is 0 Å². The molecule has 17 heavy (non-hydrogen) atoms. The Kier molecular flexibility index (Phi) is 3.43. The van der Waals surface area contributed by atoms with Gasteiger partial charge < -0.3 is 19.3 Å². The van der Waals surface area contributed by atoms with Crippen molar-refractivity contribution in [2.75, 3.05) is 21.3 Å². The van der Waals surface area contributed by atoms with Gasteiger partial charge in [0.05, 0.1) is 27.4 Å². The molecule has 0 radical (unpaired) electrons. The maximum atomic E-state index is 10.0. The van der Waals surface area contributed by atoms with Crippen LogP contribution in [-0.2, 0) is 6.42 Å². The first-order valence-corrected chi connectivity index (χ1v) is 5.72. The number of fused-ring (bicyclic) bond motifs is 1. The van der Waals surface area contributed by atoms with Crippen LogP contribution in [0.2, 0.25) is 0 Å². The van der Waals surface area contributed by atoms with Crippen molar-refractivity contribution < 1.29 is 19.3 Å². The maximum absolute atomic E-state index is 10.0. The van der Waals surface area contributed by atoms with Crippen molar-refractivity contribution in [3.05, 3.63) is 17.2 Å². The Morgan fingerprint density at radius 2 is 1.82 bits per heavy atom. The molecule has 4 nitrogen and oxygen atoms in total. The fourth-order valence-electron chi connectivity index (χ4n) is 2.42. The van der Waals surface area contributed by atoms with Crippen molar-refractivity contribution in [2.45, 2.75) is 25.4 Å². The summed E-state index contributed by atoms with van der Waals surface area (Å²) in [6.45, 7) is 0. The summed E-state index contributed by atoms with van der Waals surface area (Å²) < 4.78 is 16.0. The van der Waals surface area contributed by atoms with E-state index < -0.39 is 6.10 Å².